The second kappa shape index (κ2) is 6.37. The van der Waals surface area contributed by atoms with Crippen molar-refractivity contribution in [3.05, 3.63) is 12.4 Å². The van der Waals surface area contributed by atoms with E-state index in [4.69, 9.17) is 5.26 Å². The number of hydrogen-bond donors (Lipinski definition) is 0. The van der Waals surface area contributed by atoms with Crippen molar-refractivity contribution in [3.8, 4) is 6.07 Å². The van der Waals surface area contributed by atoms with Crippen LogP contribution in [0.3, 0.4) is 0 Å². The van der Waals surface area contributed by atoms with Crippen molar-refractivity contribution in [2.24, 2.45) is 5.92 Å². The van der Waals surface area contributed by atoms with E-state index in [1.165, 1.54) is 19.3 Å². The lowest BCUT2D eigenvalue weighted by atomic mass is 9.85. The summed E-state index contributed by atoms with van der Waals surface area (Å²) in [4.78, 5) is 12.8. The summed E-state index contributed by atoms with van der Waals surface area (Å²) in [6.07, 6.45) is 6.15. The average molecular weight is 259 g/mol. The van der Waals surface area contributed by atoms with E-state index < -0.39 is 0 Å². The lowest BCUT2D eigenvalue weighted by Gasteiger charge is -2.31. The van der Waals surface area contributed by atoms with Gasteiger partial charge in [-0.2, -0.15) is 5.26 Å². The van der Waals surface area contributed by atoms with Crippen LogP contribution in [0.15, 0.2) is 12.4 Å². The molecule has 0 unspecified atom stereocenters. The Morgan fingerprint density at radius 3 is 2.53 bits per heavy atom. The van der Waals surface area contributed by atoms with Crippen molar-refractivity contribution in [1.29, 1.82) is 5.26 Å². The predicted molar refractivity (Wildman–Crippen MR) is 76.1 cm³/mol. The third-order valence-electron chi connectivity index (χ3n) is 3.74. The van der Waals surface area contributed by atoms with Crippen LogP contribution in [0, 0.1) is 17.2 Å². The Balaban J connectivity index is 1.99. The van der Waals surface area contributed by atoms with Gasteiger partial charge in [0, 0.05) is 33.3 Å². The largest absolute Gasteiger partial charge is 0.359 e. The lowest BCUT2D eigenvalue weighted by molar-refractivity contribution is 0.321. The molecule has 0 N–H and O–H groups in total. The van der Waals surface area contributed by atoms with Gasteiger partial charge < -0.3 is 9.80 Å². The summed E-state index contributed by atoms with van der Waals surface area (Å²) < 4.78 is 0. The molecule has 2 rings (SSSR count). The van der Waals surface area contributed by atoms with Gasteiger partial charge in [0.1, 0.15) is 18.0 Å². The fourth-order valence-corrected chi connectivity index (χ4v) is 2.24. The molecule has 1 aromatic rings. The van der Waals surface area contributed by atoms with Crippen LogP contribution in [-0.2, 0) is 0 Å². The van der Waals surface area contributed by atoms with Crippen LogP contribution in [0.5, 0.6) is 0 Å². The molecule has 1 fully saturated rings. The van der Waals surface area contributed by atoms with Gasteiger partial charge in [-0.25, -0.2) is 9.97 Å². The third kappa shape index (κ3) is 3.57. The molecule has 0 bridgehead atoms. The molecular weight excluding hydrogens is 238 g/mol. The van der Waals surface area contributed by atoms with E-state index in [2.05, 4.69) is 28.0 Å². The van der Waals surface area contributed by atoms with Crippen molar-refractivity contribution in [2.75, 3.05) is 37.0 Å². The van der Waals surface area contributed by atoms with Gasteiger partial charge in [0.05, 0.1) is 12.5 Å². The van der Waals surface area contributed by atoms with Crippen molar-refractivity contribution in [2.45, 2.75) is 25.7 Å². The second-order valence-corrected chi connectivity index (χ2v) is 5.24. The van der Waals surface area contributed by atoms with Crippen molar-refractivity contribution >= 4 is 11.6 Å². The maximum Gasteiger partial charge on any atom is 0.133 e. The second-order valence-electron chi connectivity index (χ2n) is 5.24. The van der Waals surface area contributed by atoms with E-state index in [1.54, 1.807) is 6.33 Å². The number of anilines is 2. The molecule has 0 amide bonds. The minimum absolute atomic E-state index is 0.508. The number of aromatic nitrogens is 2. The molecule has 0 saturated heterocycles. The maximum absolute atomic E-state index is 8.62. The summed E-state index contributed by atoms with van der Waals surface area (Å²) >= 11 is 0. The van der Waals surface area contributed by atoms with Crippen molar-refractivity contribution in [3.63, 3.8) is 0 Å². The van der Waals surface area contributed by atoms with E-state index in [9.17, 15) is 0 Å². The van der Waals surface area contributed by atoms with Gasteiger partial charge >= 0.3 is 0 Å². The van der Waals surface area contributed by atoms with E-state index in [0.717, 1.165) is 24.1 Å². The molecule has 0 atom stereocenters. The van der Waals surface area contributed by atoms with Crippen molar-refractivity contribution in [1.82, 2.24) is 9.97 Å². The van der Waals surface area contributed by atoms with Gasteiger partial charge in [-0.15, -0.1) is 0 Å². The Hall–Kier alpha value is -1.83. The summed E-state index contributed by atoms with van der Waals surface area (Å²) in [6.45, 7) is 1.76. The highest BCUT2D eigenvalue weighted by atomic mass is 15.2. The molecule has 1 aliphatic rings. The van der Waals surface area contributed by atoms with E-state index in [1.807, 2.05) is 18.0 Å². The van der Waals surface area contributed by atoms with Gasteiger partial charge in [0.2, 0.25) is 0 Å². The third-order valence-corrected chi connectivity index (χ3v) is 3.74. The molecule has 0 aromatic carbocycles. The molecule has 1 saturated carbocycles. The van der Waals surface area contributed by atoms with Crippen LogP contribution >= 0.6 is 0 Å². The van der Waals surface area contributed by atoms with Gasteiger partial charge in [-0.3, -0.25) is 0 Å². The Kier molecular flexibility index (Phi) is 4.56. The zero-order chi connectivity index (χ0) is 13.7. The first-order valence-electron chi connectivity index (χ1n) is 6.82. The normalized spacial score (nSPS) is 14.6. The summed E-state index contributed by atoms with van der Waals surface area (Å²) in [5.74, 6) is 2.65. The Morgan fingerprint density at radius 1 is 1.26 bits per heavy atom. The van der Waals surface area contributed by atoms with E-state index >= 15 is 0 Å². The average Bonchev–Trinajstić information content (AvgIpc) is 2.40. The highest BCUT2D eigenvalue weighted by molar-refractivity contribution is 5.49. The predicted octanol–water partition coefficient (Wildman–Crippen LogP) is 2.06. The fourth-order valence-electron chi connectivity index (χ4n) is 2.24. The molecule has 0 radical (unpaired) electrons. The topological polar surface area (TPSA) is 56.1 Å². The molecular formula is C14H21N5. The summed E-state index contributed by atoms with van der Waals surface area (Å²) in [5.41, 5.74) is 0. The van der Waals surface area contributed by atoms with Gasteiger partial charge in [-0.1, -0.05) is 6.42 Å². The number of nitrogens with zero attached hydrogens (tertiary/aromatic N) is 5. The SMILES string of the molecule is CN(CCC#N)c1cc(N(C)CC2CCC2)ncn1. The summed E-state index contributed by atoms with van der Waals surface area (Å²) in [6, 6.07) is 4.15. The van der Waals surface area contributed by atoms with E-state index in [-0.39, 0.29) is 0 Å². The van der Waals surface area contributed by atoms with Crippen LogP contribution in [-0.4, -0.2) is 37.2 Å². The number of hydrogen-bond acceptors (Lipinski definition) is 5. The van der Waals surface area contributed by atoms with Gasteiger partial charge in [0.15, 0.2) is 0 Å². The first-order chi connectivity index (χ1) is 9.20. The van der Waals surface area contributed by atoms with Crippen LogP contribution in [0.1, 0.15) is 25.7 Å². The Labute approximate surface area is 114 Å². The molecule has 1 heterocycles. The minimum atomic E-state index is 0.508. The monoisotopic (exact) mass is 259 g/mol. The molecule has 1 aromatic heterocycles. The first kappa shape index (κ1) is 13.6. The van der Waals surface area contributed by atoms with Crippen LogP contribution in [0.2, 0.25) is 0 Å². The molecule has 5 heteroatoms. The molecule has 19 heavy (non-hydrogen) atoms. The molecule has 0 aliphatic heterocycles. The zero-order valence-electron chi connectivity index (χ0n) is 11.7. The fraction of sp³-hybridized carbons (Fsp3) is 0.643. The minimum Gasteiger partial charge on any atom is -0.359 e. The maximum atomic E-state index is 8.62. The molecule has 5 nitrogen and oxygen atoms in total. The number of nitriles is 1. The van der Waals surface area contributed by atoms with Gasteiger partial charge in [-0.05, 0) is 18.8 Å². The van der Waals surface area contributed by atoms with Crippen LogP contribution < -0.4 is 9.80 Å². The van der Waals surface area contributed by atoms with Crippen molar-refractivity contribution < 1.29 is 0 Å². The van der Waals surface area contributed by atoms with Crippen LogP contribution in [0.25, 0.3) is 0 Å². The highest BCUT2D eigenvalue weighted by Crippen LogP contribution is 2.28. The number of rotatable bonds is 6. The zero-order valence-corrected chi connectivity index (χ0v) is 11.7. The Bertz CT molecular complexity index is 449. The smallest absolute Gasteiger partial charge is 0.133 e. The molecule has 102 valence electrons. The Morgan fingerprint density at radius 2 is 1.95 bits per heavy atom. The lowest BCUT2D eigenvalue weighted by Crippen LogP contribution is -2.30. The summed E-state index contributed by atoms with van der Waals surface area (Å²) in [7, 11) is 4.04. The van der Waals surface area contributed by atoms with Gasteiger partial charge in [0.25, 0.3) is 0 Å². The standard InChI is InChI=1S/C14H21N5/c1-18(8-4-7-15)13-9-14(17-11-16-13)19(2)10-12-5-3-6-12/h9,11-12H,3-6,8,10H2,1-2H3. The van der Waals surface area contributed by atoms with E-state index in [0.29, 0.717) is 13.0 Å². The molecule has 1 aliphatic carbocycles. The molecule has 0 spiro atoms. The highest BCUT2D eigenvalue weighted by Gasteiger charge is 2.20. The quantitative estimate of drug-likeness (QED) is 0.782. The summed E-state index contributed by atoms with van der Waals surface area (Å²) in [5, 5.41) is 8.62. The van der Waals surface area contributed by atoms with Crippen LogP contribution in [0.4, 0.5) is 11.6 Å². The first-order valence-corrected chi connectivity index (χ1v) is 6.82.